The molecule has 1 atom stereocenters. The Morgan fingerprint density at radius 3 is 2.42 bits per heavy atom. The van der Waals surface area contributed by atoms with Gasteiger partial charge in [0.1, 0.15) is 0 Å². The first-order valence-electron chi connectivity index (χ1n) is 10.0. The Labute approximate surface area is 196 Å². The molecule has 0 bridgehead atoms. The van der Waals surface area contributed by atoms with Crippen molar-refractivity contribution in [3.8, 4) is 0 Å². The Morgan fingerprint density at radius 1 is 0.970 bits per heavy atom. The second-order valence-corrected chi connectivity index (χ2v) is 9.35. The number of thioether (sulfide) groups is 1. The highest BCUT2D eigenvalue weighted by molar-refractivity contribution is 8.02. The van der Waals surface area contributed by atoms with Crippen molar-refractivity contribution in [2.75, 3.05) is 15.6 Å². The standard InChI is InChI=1S/C24H16ClF3N2O2S/c25-17-8-10-18(11-9-17)30-21(31)14-33-23(30)19-6-1-2-7-20(19)29(22(23)32)13-15-4-3-5-16(12-15)24(26,27)28/h1-12H,13-14H2/t23-/m0/s1. The normalized spacial score (nSPS) is 20.1. The third kappa shape index (κ3) is 3.48. The van der Waals surface area contributed by atoms with E-state index in [0.717, 1.165) is 12.1 Å². The monoisotopic (exact) mass is 488 g/mol. The zero-order valence-corrected chi connectivity index (χ0v) is 18.5. The molecule has 0 unspecified atom stereocenters. The summed E-state index contributed by atoms with van der Waals surface area (Å²) in [6.07, 6.45) is -4.48. The van der Waals surface area contributed by atoms with E-state index in [0.29, 0.717) is 27.5 Å². The average molecular weight is 489 g/mol. The van der Waals surface area contributed by atoms with Crippen LogP contribution in [0.4, 0.5) is 24.5 Å². The minimum Gasteiger partial charge on any atom is -0.304 e. The van der Waals surface area contributed by atoms with E-state index in [2.05, 4.69) is 0 Å². The molecule has 0 N–H and O–H groups in total. The zero-order chi connectivity index (χ0) is 23.4. The van der Waals surface area contributed by atoms with Crippen molar-refractivity contribution in [2.45, 2.75) is 17.6 Å². The first kappa shape index (κ1) is 21.9. The molecule has 1 fully saturated rings. The van der Waals surface area contributed by atoms with Crippen LogP contribution in [0, 0.1) is 0 Å². The number of halogens is 4. The molecule has 0 aromatic heterocycles. The average Bonchev–Trinajstić information content (AvgIpc) is 3.25. The second-order valence-electron chi connectivity index (χ2n) is 7.74. The fourth-order valence-corrected chi connectivity index (χ4v) is 5.82. The molecule has 1 spiro atoms. The Hall–Kier alpha value is -2.97. The van der Waals surface area contributed by atoms with Crippen LogP contribution in [0.1, 0.15) is 16.7 Å². The number of anilines is 2. The van der Waals surface area contributed by atoms with Crippen LogP contribution in [-0.4, -0.2) is 17.6 Å². The lowest BCUT2D eigenvalue weighted by molar-refractivity contribution is -0.137. The molecular weight excluding hydrogens is 473 g/mol. The van der Waals surface area contributed by atoms with Crippen LogP contribution in [0.2, 0.25) is 5.02 Å². The van der Waals surface area contributed by atoms with E-state index in [1.54, 1.807) is 54.6 Å². The molecular formula is C24H16ClF3N2O2S. The lowest BCUT2D eigenvalue weighted by atomic mass is 10.0. The Balaban J connectivity index is 1.60. The number of fused-ring (bicyclic) bond motifs is 2. The first-order chi connectivity index (χ1) is 15.7. The van der Waals surface area contributed by atoms with Crippen molar-refractivity contribution in [1.29, 1.82) is 0 Å². The maximum Gasteiger partial charge on any atom is 0.416 e. The lowest BCUT2D eigenvalue weighted by Gasteiger charge is -2.33. The first-order valence-corrected chi connectivity index (χ1v) is 11.4. The fourth-order valence-electron chi connectivity index (χ4n) is 4.33. The number of para-hydroxylation sites is 1. The summed E-state index contributed by atoms with van der Waals surface area (Å²) >= 11 is 7.22. The molecule has 4 nitrogen and oxygen atoms in total. The van der Waals surface area contributed by atoms with Gasteiger partial charge in [-0.1, -0.05) is 41.9 Å². The number of benzene rings is 3. The number of rotatable bonds is 3. The predicted octanol–water partition coefficient (Wildman–Crippen LogP) is 5.84. The number of carbonyl (C=O) groups is 2. The van der Waals surface area contributed by atoms with Crippen molar-refractivity contribution in [1.82, 2.24) is 0 Å². The fraction of sp³-hybridized carbons (Fsp3) is 0.167. The van der Waals surface area contributed by atoms with E-state index in [1.807, 2.05) is 0 Å². The SMILES string of the molecule is O=C1CS[C@@]2(C(=O)N(Cc3cccc(C(F)(F)F)c3)c3ccccc32)N1c1ccc(Cl)cc1. The van der Waals surface area contributed by atoms with E-state index in [-0.39, 0.29) is 24.1 Å². The Bertz CT molecular complexity index is 1270. The molecule has 3 aromatic carbocycles. The van der Waals surface area contributed by atoms with Gasteiger partial charge in [0.15, 0.2) is 0 Å². The topological polar surface area (TPSA) is 40.6 Å². The van der Waals surface area contributed by atoms with Crippen LogP contribution in [-0.2, 0) is 27.2 Å². The van der Waals surface area contributed by atoms with Crippen molar-refractivity contribution >= 4 is 46.6 Å². The van der Waals surface area contributed by atoms with Crippen LogP contribution in [0.3, 0.4) is 0 Å². The number of nitrogens with zero attached hydrogens (tertiary/aromatic N) is 2. The molecule has 2 aliphatic heterocycles. The van der Waals surface area contributed by atoms with Gasteiger partial charge in [0, 0.05) is 16.3 Å². The molecule has 2 heterocycles. The lowest BCUT2D eigenvalue weighted by Crippen LogP contribution is -2.49. The number of hydrogen-bond acceptors (Lipinski definition) is 3. The van der Waals surface area contributed by atoms with Crippen molar-refractivity contribution < 1.29 is 22.8 Å². The molecule has 3 aromatic rings. The van der Waals surface area contributed by atoms with Crippen LogP contribution in [0.25, 0.3) is 0 Å². The summed E-state index contributed by atoms with van der Waals surface area (Å²) in [5.41, 5.74) is 1.30. The molecule has 168 valence electrons. The van der Waals surface area contributed by atoms with E-state index >= 15 is 0 Å². The predicted molar refractivity (Wildman–Crippen MR) is 122 cm³/mol. The number of hydrogen-bond donors (Lipinski definition) is 0. The Morgan fingerprint density at radius 2 is 1.70 bits per heavy atom. The minimum atomic E-state index is -4.48. The van der Waals surface area contributed by atoms with Crippen LogP contribution < -0.4 is 9.80 Å². The van der Waals surface area contributed by atoms with Gasteiger partial charge in [-0.05, 0) is 48.0 Å². The molecule has 33 heavy (non-hydrogen) atoms. The molecule has 9 heteroatoms. The van der Waals surface area contributed by atoms with E-state index in [1.165, 1.54) is 27.6 Å². The van der Waals surface area contributed by atoms with Crippen molar-refractivity contribution in [3.05, 3.63) is 94.5 Å². The van der Waals surface area contributed by atoms with Gasteiger partial charge >= 0.3 is 6.18 Å². The van der Waals surface area contributed by atoms with Gasteiger partial charge in [-0.2, -0.15) is 13.2 Å². The van der Waals surface area contributed by atoms with Crippen LogP contribution in [0.15, 0.2) is 72.8 Å². The summed E-state index contributed by atoms with van der Waals surface area (Å²) in [7, 11) is 0. The van der Waals surface area contributed by atoms with E-state index < -0.39 is 16.6 Å². The van der Waals surface area contributed by atoms with Crippen molar-refractivity contribution in [3.63, 3.8) is 0 Å². The molecule has 5 rings (SSSR count). The smallest absolute Gasteiger partial charge is 0.304 e. The Kier molecular flexibility index (Phi) is 5.17. The molecule has 1 saturated heterocycles. The second kappa shape index (κ2) is 7.81. The van der Waals surface area contributed by atoms with E-state index in [9.17, 15) is 22.8 Å². The summed E-state index contributed by atoms with van der Waals surface area (Å²) in [6, 6.07) is 18.7. The summed E-state index contributed by atoms with van der Waals surface area (Å²) in [5, 5.41) is 0.497. The van der Waals surface area contributed by atoms with Crippen molar-refractivity contribution in [2.24, 2.45) is 0 Å². The quantitative estimate of drug-likeness (QED) is 0.465. The highest BCUT2D eigenvalue weighted by Crippen LogP contribution is 2.56. The van der Waals surface area contributed by atoms with Crippen LogP contribution in [0.5, 0.6) is 0 Å². The molecule has 2 aliphatic rings. The summed E-state index contributed by atoms with van der Waals surface area (Å²) in [5.74, 6) is -0.501. The van der Waals surface area contributed by atoms with Gasteiger partial charge in [-0.25, -0.2) is 0 Å². The highest BCUT2D eigenvalue weighted by Gasteiger charge is 2.60. The maximum absolute atomic E-state index is 13.9. The van der Waals surface area contributed by atoms with Crippen LogP contribution >= 0.6 is 23.4 Å². The van der Waals surface area contributed by atoms with Gasteiger partial charge in [0.2, 0.25) is 10.8 Å². The van der Waals surface area contributed by atoms with Gasteiger partial charge in [0.05, 0.1) is 23.5 Å². The molecule has 2 amide bonds. The molecule has 0 aliphatic carbocycles. The summed E-state index contributed by atoms with van der Waals surface area (Å²) in [6.45, 7) is -0.0509. The molecule has 0 saturated carbocycles. The number of amides is 2. The zero-order valence-electron chi connectivity index (χ0n) is 17.0. The number of alkyl halides is 3. The number of carbonyl (C=O) groups excluding carboxylic acids is 2. The third-order valence-corrected chi connectivity index (χ3v) is 7.38. The summed E-state index contributed by atoms with van der Waals surface area (Å²) < 4.78 is 39.6. The van der Waals surface area contributed by atoms with E-state index in [4.69, 9.17) is 11.6 Å². The van der Waals surface area contributed by atoms with Gasteiger partial charge in [0.25, 0.3) is 5.91 Å². The largest absolute Gasteiger partial charge is 0.416 e. The highest BCUT2D eigenvalue weighted by atomic mass is 35.5. The van der Waals surface area contributed by atoms with Gasteiger partial charge in [-0.15, -0.1) is 11.8 Å². The molecule has 0 radical (unpaired) electrons. The minimum absolute atomic E-state index is 0.0509. The maximum atomic E-state index is 13.9. The third-order valence-electron chi connectivity index (χ3n) is 5.74. The van der Waals surface area contributed by atoms with Gasteiger partial charge < -0.3 is 4.90 Å². The van der Waals surface area contributed by atoms with Gasteiger partial charge in [-0.3, -0.25) is 14.5 Å². The summed E-state index contributed by atoms with van der Waals surface area (Å²) in [4.78, 5) is 28.5.